The molecule has 7 heteroatoms. The Hall–Kier alpha value is 0.311. The molecule has 0 aromatic carbocycles. The molecule has 0 aliphatic carbocycles. The van der Waals surface area contributed by atoms with E-state index in [4.69, 9.17) is 0 Å². The number of hydrogen-bond donors (Lipinski definition) is 0. The average molecular weight is 226 g/mol. The molecule has 1 aromatic heterocycles. The fraction of sp³-hybridized carbons (Fsp3) is 0.143. The second kappa shape index (κ2) is 6.02. The van der Waals surface area contributed by atoms with Crippen LogP contribution in [0.1, 0.15) is 11.4 Å². The van der Waals surface area contributed by atoms with E-state index < -0.39 is 13.3 Å². The molecule has 70 valence electrons. The summed E-state index contributed by atoms with van der Waals surface area (Å²) in [4.78, 5) is 7.32. The van der Waals surface area contributed by atoms with Crippen LogP contribution in [0.25, 0.3) is 6.08 Å². The van der Waals surface area contributed by atoms with Crippen molar-refractivity contribution in [2.24, 2.45) is 0 Å². The molecule has 0 atom stereocenters. The van der Waals surface area contributed by atoms with E-state index in [1.807, 2.05) is 0 Å². The molecule has 0 N–H and O–H groups in total. The van der Waals surface area contributed by atoms with E-state index in [1.165, 1.54) is 18.5 Å². The van der Waals surface area contributed by atoms with E-state index in [-0.39, 0.29) is 56.9 Å². The summed E-state index contributed by atoms with van der Waals surface area (Å²) >= 11 is 0. The molecule has 1 heterocycles. The summed E-state index contributed by atoms with van der Waals surface area (Å²) in [6, 6.07) is 0. The zero-order valence-corrected chi connectivity index (χ0v) is 10.9. The Labute approximate surface area is 123 Å². The van der Waals surface area contributed by atoms with Gasteiger partial charge in [0.2, 0.25) is 0 Å². The van der Waals surface area contributed by atoms with Gasteiger partial charge < -0.3 is 12.9 Å². The Kier molecular flexibility index (Phi) is 6.15. The zero-order valence-electron chi connectivity index (χ0n) is 7.75. The predicted molar refractivity (Wildman–Crippen MR) is 44.9 cm³/mol. The van der Waals surface area contributed by atoms with Crippen molar-refractivity contribution in [3.05, 3.63) is 30.4 Å². The van der Waals surface area contributed by atoms with Crippen LogP contribution in [-0.2, 0) is 6.32 Å². The van der Waals surface area contributed by atoms with E-state index in [0.717, 1.165) is 0 Å². The smallest absolute Gasteiger partial charge is 0.449 e. The van der Waals surface area contributed by atoms with Gasteiger partial charge in [0.15, 0.2) is 5.82 Å². The Bertz CT molecular complexity index is 299. The van der Waals surface area contributed by atoms with Crippen molar-refractivity contribution >= 4 is 13.1 Å². The number of halogens is 3. The first-order chi connectivity index (χ1) is 6.01. The molecule has 0 saturated heterocycles. The first kappa shape index (κ1) is 14.3. The monoisotopic (exact) mass is 226 g/mol. The van der Waals surface area contributed by atoms with Gasteiger partial charge in [-0.05, 0) is 11.6 Å². The van der Waals surface area contributed by atoms with Gasteiger partial charge in [-0.3, -0.25) is 0 Å². The van der Waals surface area contributed by atoms with Crippen molar-refractivity contribution in [3.8, 4) is 0 Å². The summed E-state index contributed by atoms with van der Waals surface area (Å²) in [5.41, 5.74) is 0.0816. The molecule has 0 radical (unpaired) electrons. The second-order valence-corrected chi connectivity index (χ2v) is 2.57. The SMILES string of the molecule is C=Cc1ncc(C[B-](F)(F)F)cn1.[K+]. The van der Waals surface area contributed by atoms with Gasteiger partial charge in [-0.15, -0.1) is 0 Å². The van der Waals surface area contributed by atoms with Gasteiger partial charge >= 0.3 is 58.4 Å². The maximum atomic E-state index is 11.9. The number of hydrogen-bond acceptors (Lipinski definition) is 2. The first-order valence-electron chi connectivity index (χ1n) is 3.65. The minimum Gasteiger partial charge on any atom is -0.449 e. The maximum absolute atomic E-state index is 11.9. The van der Waals surface area contributed by atoms with Gasteiger partial charge in [0.1, 0.15) is 0 Å². The summed E-state index contributed by atoms with van der Waals surface area (Å²) in [5, 5.41) is 0. The van der Waals surface area contributed by atoms with Crippen LogP contribution in [0.2, 0.25) is 0 Å². The fourth-order valence-electron chi connectivity index (χ4n) is 0.843. The predicted octanol–water partition coefficient (Wildman–Crippen LogP) is -0.947. The molecular weight excluding hydrogens is 219 g/mol. The largest absolute Gasteiger partial charge is 1.00 e. The van der Waals surface area contributed by atoms with Gasteiger partial charge in [0, 0.05) is 12.4 Å². The van der Waals surface area contributed by atoms with E-state index in [1.54, 1.807) is 0 Å². The molecule has 0 spiro atoms. The molecule has 0 aliphatic rings. The van der Waals surface area contributed by atoms with E-state index >= 15 is 0 Å². The molecule has 0 saturated carbocycles. The zero-order chi connectivity index (χ0) is 9.90. The number of nitrogens with zero attached hydrogens (tertiary/aromatic N) is 2. The first-order valence-corrected chi connectivity index (χ1v) is 3.65. The van der Waals surface area contributed by atoms with E-state index in [2.05, 4.69) is 16.5 Å². The van der Waals surface area contributed by atoms with Crippen LogP contribution in [-0.4, -0.2) is 16.9 Å². The molecular formula is C7H7BF3KN2. The van der Waals surface area contributed by atoms with Gasteiger partial charge in [0.25, 0.3) is 0 Å². The van der Waals surface area contributed by atoms with Crippen molar-refractivity contribution in [2.75, 3.05) is 0 Å². The van der Waals surface area contributed by atoms with Crippen LogP contribution in [0.15, 0.2) is 19.0 Å². The van der Waals surface area contributed by atoms with E-state index in [0.29, 0.717) is 5.82 Å². The van der Waals surface area contributed by atoms with E-state index in [9.17, 15) is 12.9 Å². The third-order valence-corrected chi connectivity index (χ3v) is 1.38. The Morgan fingerprint density at radius 1 is 1.29 bits per heavy atom. The summed E-state index contributed by atoms with van der Waals surface area (Å²) in [7, 11) is 0. The van der Waals surface area contributed by atoms with Gasteiger partial charge in [-0.2, -0.15) is 0 Å². The quantitative estimate of drug-likeness (QED) is 0.621. The minimum absolute atomic E-state index is 0. The summed E-state index contributed by atoms with van der Waals surface area (Å²) in [6.07, 6.45) is 2.78. The third kappa shape index (κ3) is 5.26. The molecule has 0 bridgehead atoms. The van der Waals surface area contributed by atoms with Gasteiger partial charge in [-0.25, -0.2) is 9.97 Å². The molecule has 0 fully saturated rings. The van der Waals surface area contributed by atoms with Crippen LogP contribution in [0, 0.1) is 0 Å². The Balaban J connectivity index is 0.00000169. The molecule has 2 nitrogen and oxygen atoms in total. The van der Waals surface area contributed by atoms with Crippen LogP contribution in [0.5, 0.6) is 0 Å². The summed E-state index contributed by atoms with van der Waals surface area (Å²) in [6.45, 7) is -1.41. The van der Waals surface area contributed by atoms with Gasteiger partial charge in [0.05, 0.1) is 0 Å². The Morgan fingerprint density at radius 2 is 1.79 bits per heavy atom. The molecule has 14 heavy (non-hydrogen) atoms. The minimum atomic E-state index is -4.80. The van der Waals surface area contributed by atoms with Crippen LogP contribution in [0.4, 0.5) is 12.9 Å². The van der Waals surface area contributed by atoms with Crippen molar-refractivity contribution in [2.45, 2.75) is 6.32 Å². The number of aromatic nitrogens is 2. The fourth-order valence-corrected chi connectivity index (χ4v) is 0.843. The second-order valence-electron chi connectivity index (χ2n) is 2.57. The molecule has 1 aromatic rings. The third-order valence-electron chi connectivity index (χ3n) is 1.38. The van der Waals surface area contributed by atoms with Gasteiger partial charge in [-0.1, -0.05) is 12.9 Å². The maximum Gasteiger partial charge on any atom is 1.00 e. The summed E-state index contributed by atoms with van der Waals surface area (Å²) < 4.78 is 35.7. The van der Waals surface area contributed by atoms with Crippen LogP contribution >= 0.6 is 0 Å². The molecule has 1 rings (SSSR count). The molecule has 0 unspecified atom stereocenters. The standard InChI is InChI=1S/C7H7BF3N2.K/c1-2-7-12-4-6(5-13-7)3-8(9,10)11;/h2,4-5H,1,3H2;/q-1;+1. The topological polar surface area (TPSA) is 25.8 Å². The van der Waals surface area contributed by atoms with Crippen molar-refractivity contribution < 1.29 is 64.3 Å². The van der Waals surface area contributed by atoms with Crippen molar-refractivity contribution in [3.63, 3.8) is 0 Å². The van der Waals surface area contributed by atoms with Crippen molar-refractivity contribution in [1.82, 2.24) is 9.97 Å². The van der Waals surface area contributed by atoms with Crippen LogP contribution in [0.3, 0.4) is 0 Å². The van der Waals surface area contributed by atoms with Crippen molar-refractivity contribution in [1.29, 1.82) is 0 Å². The Morgan fingerprint density at radius 3 is 2.14 bits per heavy atom. The van der Waals surface area contributed by atoms with Crippen LogP contribution < -0.4 is 51.4 Å². The summed E-state index contributed by atoms with van der Waals surface area (Å²) in [5.74, 6) is 0.332. The number of rotatable bonds is 3. The average Bonchev–Trinajstić information content (AvgIpc) is 2.03. The molecule has 0 amide bonds. The normalized spacial score (nSPS) is 10.5. The molecule has 0 aliphatic heterocycles.